The predicted octanol–water partition coefficient (Wildman–Crippen LogP) is 4.27. The van der Waals surface area contributed by atoms with E-state index in [2.05, 4.69) is 5.32 Å². The molecule has 1 atom stereocenters. The van der Waals surface area contributed by atoms with Crippen molar-refractivity contribution in [1.29, 1.82) is 5.26 Å². The van der Waals surface area contributed by atoms with E-state index in [1.165, 1.54) is 0 Å². The smallest absolute Gasteiger partial charge is 0.408 e. The van der Waals surface area contributed by atoms with Gasteiger partial charge in [-0.25, -0.2) is 9.69 Å². The van der Waals surface area contributed by atoms with Crippen molar-refractivity contribution in [2.45, 2.75) is 45.8 Å². The summed E-state index contributed by atoms with van der Waals surface area (Å²) >= 11 is 0. The van der Waals surface area contributed by atoms with Gasteiger partial charge in [-0.1, -0.05) is 74.5 Å². The molecule has 2 aromatic carbocycles. The zero-order chi connectivity index (χ0) is 21.8. The van der Waals surface area contributed by atoms with Crippen molar-refractivity contribution in [1.82, 2.24) is 10.2 Å². The molecular weight excluding hydrogens is 378 g/mol. The Morgan fingerprint density at radius 1 is 1.03 bits per heavy atom. The number of carbonyl (C=O) groups excluding carboxylic acids is 2. The fraction of sp³-hybridized carbons (Fsp3) is 0.375. The second kappa shape index (κ2) is 12.3. The standard InChI is InChI=1S/C24H29N3O3/c1-19(2)16-22(30-24(29)26-17-21-12-7-4-8-13-21)23(28)27(18-25)15-9-14-20-10-5-3-6-11-20/h3-8,10-13,19,22H,9,14-17H2,1-2H3,(H,26,29). The van der Waals surface area contributed by atoms with Crippen molar-refractivity contribution in [2.24, 2.45) is 5.92 Å². The van der Waals surface area contributed by atoms with E-state index in [0.29, 0.717) is 19.4 Å². The Hall–Kier alpha value is -3.33. The number of ether oxygens (including phenoxy) is 1. The monoisotopic (exact) mass is 407 g/mol. The van der Waals surface area contributed by atoms with E-state index in [9.17, 15) is 14.9 Å². The molecule has 2 amide bonds. The van der Waals surface area contributed by atoms with Crippen LogP contribution in [0, 0.1) is 17.4 Å². The van der Waals surface area contributed by atoms with Gasteiger partial charge in [0.15, 0.2) is 12.3 Å². The molecular formula is C24H29N3O3. The summed E-state index contributed by atoms with van der Waals surface area (Å²) in [6.07, 6.45) is 2.06. The highest BCUT2D eigenvalue weighted by atomic mass is 16.6. The molecule has 6 nitrogen and oxygen atoms in total. The van der Waals surface area contributed by atoms with Crippen LogP contribution in [0.4, 0.5) is 4.79 Å². The van der Waals surface area contributed by atoms with Gasteiger partial charge >= 0.3 is 6.09 Å². The molecule has 0 aliphatic carbocycles. The molecule has 0 saturated carbocycles. The third-order valence-corrected chi connectivity index (χ3v) is 4.57. The van der Waals surface area contributed by atoms with E-state index >= 15 is 0 Å². The second-order valence-electron chi connectivity index (χ2n) is 7.54. The number of rotatable bonds is 10. The summed E-state index contributed by atoms with van der Waals surface area (Å²) in [5, 5.41) is 12.1. The van der Waals surface area contributed by atoms with E-state index in [-0.39, 0.29) is 12.5 Å². The summed E-state index contributed by atoms with van der Waals surface area (Å²) in [4.78, 5) is 26.2. The fourth-order valence-electron chi connectivity index (χ4n) is 3.04. The first-order valence-corrected chi connectivity index (χ1v) is 10.2. The average Bonchev–Trinajstić information content (AvgIpc) is 2.75. The van der Waals surface area contributed by atoms with Crippen LogP contribution in [0.5, 0.6) is 0 Å². The second-order valence-corrected chi connectivity index (χ2v) is 7.54. The first-order chi connectivity index (χ1) is 14.5. The number of alkyl carbamates (subject to hydrolysis) is 1. The molecule has 0 bridgehead atoms. The number of carbonyl (C=O) groups is 2. The predicted molar refractivity (Wildman–Crippen MR) is 115 cm³/mol. The lowest BCUT2D eigenvalue weighted by Gasteiger charge is -2.23. The number of aryl methyl sites for hydroxylation is 1. The Morgan fingerprint density at radius 2 is 1.63 bits per heavy atom. The van der Waals surface area contributed by atoms with Crippen LogP contribution in [0.3, 0.4) is 0 Å². The highest BCUT2D eigenvalue weighted by Gasteiger charge is 2.28. The third-order valence-electron chi connectivity index (χ3n) is 4.57. The third kappa shape index (κ3) is 7.96. The van der Waals surface area contributed by atoms with Gasteiger partial charge in [-0.3, -0.25) is 4.79 Å². The SMILES string of the molecule is CC(C)CC(OC(=O)NCc1ccccc1)C(=O)N(C#N)CCCc1ccccc1. The van der Waals surface area contributed by atoms with Gasteiger partial charge in [0.2, 0.25) is 0 Å². The summed E-state index contributed by atoms with van der Waals surface area (Å²) in [7, 11) is 0. The minimum atomic E-state index is -0.989. The Morgan fingerprint density at radius 3 is 2.20 bits per heavy atom. The quantitative estimate of drug-likeness (QED) is 0.471. The lowest BCUT2D eigenvalue weighted by molar-refractivity contribution is -0.138. The molecule has 0 heterocycles. The van der Waals surface area contributed by atoms with Crippen LogP contribution in [0.15, 0.2) is 60.7 Å². The van der Waals surface area contributed by atoms with Crippen molar-refractivity contribution < 1.29 is 14.3 Å². The maximum Gasteiger partial charge on any atom is 0.408 e. The molecule has 0 saturated heterocycles. The maximum atomic E-state index is 12.9. The van der Waals surface area contributed by atoms with Gasteiger partial charge in [0.25, 0.3) is 5.91 Å². The molecule has 2 rings (SSSR count). The Balaban J connectivity index is 1.91. The summed E-state index contributed by atoms with van der Waals surface area (Å²) in [5.41, 5.74) is 2.08. The van der Waals surface area contributed by atoms with Gasteiger partial charge in [0, 0.05) is 13.1 Å². The van der Waals surface area contributed by atoms with E-state index in [0.717, 1.165) is 22.4 Å². The number of nitrogens with zero attached hydrogens (tertiary/aromatic N) is 2. The van der Waals surface area contributed by atoms with Gasteiger partial charge in [0.1, 0.15) is 0 Å². The number of nitrogens with one attached hydrogen (secondary N) is 1. The van der Waals surface area contributed by atoms with E-state index < -0.39 is 18.1 Å². The number of hydrogen-bond donors (Lipinski definition) is 1. The molecule has 0 aliphatic heterocycles. The van der Waals surface area contributed by atoms with Crippen LogP contribution < -0.4 is 5.32 Å². The Bertz CT molecular complexity index is 832. The minimum absolute atomic E-state index is 0.130. The number of hydrogen-bond acceptors (Lipinski definition) is 4. The first-order valence-electron chi connectivity index (χ1n) is 10.2. The molecule has 1 N–H and O–H groups in total. The van der Waals surface area contributed by atoms with Gasteiger partial charge < -0.3 is 10.1 Å². The maximum absolute atomic E-state index is 12.9. The van der Waals surface area contributed by atoms with Crippen LogP contribution in [-0.4, -0.2) is 29.5 Å². The number of amides is 2. The van der Waals surface area contributed by atoms with Crippen molar-refractivity contribution in [2.75, 3.05) is 6.54 Å². The molecule has 158 valence electrons. The van der Waals surface area contributed by atoms with E-state index in [1.54, 1.807) is 0 Å². The van der Waals surface area contributed by atoms with Crippen molar-refractivity contribution in [3.63, 3.8) is 0 Å². The molecule has 1 unspecified atom stereocenters. The molecule has 6 heteroatoms. The number of nitriles is 1. The lowest BCUT2D eigenvalue weighted by atomic mass is 10.0. The molecule has 0 spiro atoms. The zero-order valence-electron chi connectivity index (χ0n) is 17.6. The van der Waals surface area contributed by atoms with Crippen LogP contribution in [0.25, 0.3) is 0 Å². The Kier molecular flexibility index (Phi) is 9.39. The summed E-state index contributed by atoms with van der Waals surface area (Å²) < 4.78 is 5.40. The van der Waals surface area contributed by atoms with Crippen LogP contribution in [-0.2, 0) is 22.5 Å². The topological polar surface area (TPSA) is 82.4 Å². The molecule has 0 radical (unpaired) electrons. The van der Waals surface area contributed by atoms with Gasteiger partial charge in [0.05, 0.1) is 0 Å². The summed E-state index contributed by atoms with van der Waals surface area (Å²) in [6, 6.07) is 19.3. The molecule has 0 aromatic heterocycles. The normalized spacial score (nSPS) is 11.4. The van der Waals surface area contributed by atoms with Gasteiger partial charge in [-0.15, -0.1) is 0 Å². The Labute approximate surface area is 178 Å². The van der Waals surface area contributed by atoms with Crippen LogP contribution in [0.1, 0.15) is 37.8 Å². The molecule has 2 aromatic rings. The summed E-state index contributed by atoms with van der Waals surface area (Å²) in [6.45, 7) is 4.48. The van der Waals surface area contributed by atoms with Crippen molar-refractivity contribution in [3.8, 4) is 6.19 Å². The zero-order valence-corrected chi connectivity index (χ0v) is 17.6. The molecule has 0 aliphatic rings. The highest BCUT2D eigenvalue weighted by molar-refractivity contribution is 5.84. The largest absolute Gasteiger partial charge is 0.436 e. The van der Waals surface area contributed by atoms with E-state index in [4.69, 9.17) is 4.74 Å². The minimum Gasteiger partial charge on any atom is -0.436 e. The lowest BCUT2D eigenvalue weighted by Crippen LogP contribution is -2.42. The van der Waals surface area contributed by atoms with Crippen LogP contribution in [0.2, 0.25) is 0 Å². The van der Waals surface area contributed by atoms with Crippen molar-refractivity contribution in [3.05, 3.63) is 71.8 Å². The van der Waals surface area contributed by atoms with Gasteiger partial charge in [-0.05, 0) is 36.3 Å². The fourth-order valence-corrected chi connectivity index (χ4v) is 3.04. The first kappa shape index (κ1) is 23.0. The van der Waals surface area contributed by atoms with E-state index in [1.807, 2.05) is 80.7 Å². The number of benzene rings is 2. The highest BCUT2D eigenvalue weighted by Crippen LogP contribution is 2.13. The van der Waals surface area contributed by atoms with Crippen LogP contribution >= 0.6 is 0 Å². The molecule has 30 heavy (non-hydrogen) atoms. The average molecular weight is 408 g/mol. The summed E-state index contributed by atoms with van der Waals surface area (Å²) in [5.74, 6) is -0.347. The van der Waals surface area contributed by atoms with Crippen molar-refractivity contribution >= 4 is 12.0 Å². The molecule has 0 fully saturated rings. The van der Waals surface area contributed by atoms with Gasteiger partial charge in [-0.2, -0.15) is 5.26 Å².